The van der Waals surface area contributed by atoms with Gasteiger partial charge in [0.1, 0.15) is 17.4 Å². The number of ether oxygens (including phenoxy) is 1. The van der Waals surface area contributed by atoms with Crippen LogP contribution in [0.15, 0.2) is 36.4 Å². The number of carboxylic acids is 1. The first-order valence-electron chi connectivity index (χ1n) is 9.99. The first kappa shape index (κ1) is 23.2. The largest absolute Gasteiger partial charge is 0.488 e. The summed E-state index contributed by atoms with van der Waals surface area (Å²) in [7, 11) is 0. The molecule has 2 aromatic carbocycles. The lowest BCUT2D eigenvalue weighted by molar-refractivity contribution is -0.138. The molecular weight excluding hydrogens is 473 g/mol. The van der Waals surface area contributed by atoms with Crippen LogP contribution in [0.3, 0.4) is 0 Å². The number of nitrogens with zero attached hydrogens (tertiary/aromatic N) is 2. The molecule has 172 valence electrons. The lowest BCUT2D eigenvalue weighted by Crippen LogP contribution is -2.03. The second-order valence-corrected chi connectivity index (χ2v) is 9.65. The van der Waals surface area contributed by atoms with Gasteiger partial charge in [-0.15, -0.1) is 22.7 Å². The molecule has 1 N–H and O–H groups in total. The Hall–Kier alpha value is -2.98. The minimum atomic E-state index is -4.37. The molecule has 4 rings (SSSR count). The van der Waals surface area contributed by atoms with Gasteiger partial charge in [0.05, 0.1) is 37.8 Å². The standard InChI is InChI=1S/C23H19F3N2O3S2/c1-12-9-16(10-17-21(12)33-19(28-17)7-8-20(29)30)31-11-18-13(2)27-22(32-18)14-3-5-15(6-4-14)23(24,25)26/h3-6,9-10H,7-8,11H2,1-2H3,(H,29,30). The number of hydrogen-bond donors (Lipinski definition) is 1. The summed E-state index contributed by atoms with van der Waals surface area (Å²) >= 11 is 2.87. The van der Waals surface area contributed by atoms with Gasteiger partial charge in [-0.3, -0.25) is 4.79 Å². The third kappa shape index (κ3) is 5.33. The number of rotatable bonds is 7. The van der Waals surface area contributed by atoms with Crippen molar-refractivity contribution in [2.75, 3.05) is 0 Å². The topological polar surface area (TPSA) is 72.3 Å². The average Bonchev–Trinajstić information content (AvgIpc) is 3.33. The van der Waals surface area contributed by atoms with Crippen LogP contribution < -0.4 is 4.74 Å². The van der Waals surface area contributed by atoms with E-state index in [1.807, 2.05) is 26.0 Å². The minimum absolute atomic E-state index is 0.0359. The van der Waals surface area contributed by atoms with Crippen molar-refractivity contribution in [1.29, 1.82) is 0 Å². The van der Waals surface area contributed by atoms with Crippen molar-refractivity contribution >= 4 is 38.9 Å². The molecule has 10 heteroatoms. The highest BCUT2D eigenvalue weighted by Crippen LogP contribution is 2.34. The van der Waals surface area contributed by atoms with Gasteiger partial charge in [-0.25, -0.2) is 9.97 Å². The Morgan fingerprint density at radius 1 is 1.09 bits per heavy atom. The number of aryl methyl sites for hydroxylation is 3. The highest BCUT2D eigenvalue weighted by atomic mass is 32.1. The lowest BCUT2D eigenvalue weighted by atomic mass is 10.1. The smallest absolute Gasteiger partial charge is 0.416 e. The maximum absolute atomic E-state index is 12.8. The highest BCUT2D eigenvalue weighted by molar-refractivity contribution is 7.18. The fourth-order valence-corrected chi connectivity index (χ4v) is 5.25. The molecule has 0 spiro atoms. The Labute approximate surface area is 195 Å². The van der Waals surface area contributed by atoms with Gasteiger partial charge in [0.25, 0.3) is 0 Å². The summed E-state index contributed by atoms with van der Waals surface area (Å²) in [4.78, 5) is 20.7. The summed E-state index contributed by atoms with van der Waals surface area (Å²) in [6, 6.07) is 8.70. The summed E-state index contributed by atoms with van der Waals surface area (Å²) in [6.45, 7) is 4.06. The van der Waals surface area contributed by atoms with Crippen molar-refractivity contribution in [3.05, 3.63) is 63.1 Å². The zero-order valence-electron chi connectivity index (χ0n) is 17.7. The van der Waals surface area contributed by atoms with E-state index in [9.17, 15) is 18.0 Å². The Kier molecular flexibility index (Phi) is 6.40. The maximum atomic E-state index is 12.8. The summed E-state index contributed by atoms with van der Waals surface area (Å²) in [5, 5.41) is 10.3. The summed E-state index contributed by atoms with van der Waals surface area (Å²) < 4.78 is 45.4. The van der Waals surface area contributed by atoms with Gasteiger partial charge < -0.3 is 9.84 Å². The zero-order chi connectivity index (χ0) is 23.8. The number of hydrogen-bond acceptors (Lipinski definition) is 6. The molecule has 5 nitrogen and oxygen atoms in total. The molecule has 2 heterocycles. The van der Waals surface area contributed by atoms with Crippen LogP contribution in [0.25, 0.3) is 20.8 Å². The molecule has 2 aromatic heterocycles. The van der Waals surface area contributed by atoms with Gasteiger partial charge in [0, 0.05) is 18.1 Å². The van der Waals surface area contributed by atoms with Crippen LogP contribution in [-0.4, -0.2) is 21.0 Å². The van der Waals surface area contributed by atoms with E-state index in [4.69, 9.17) is 9.84 Å². The van der Waals surface area contributed by atoms with Gasteiger partial charge in [-0.05, 0) is 37.6 Å². The third-order valence-corrected chi connectivity index (χ3v) is 7.41. The van der Waals surface area contributed by atoms with Crippen molar-refractivity contribution in [2.24, 2.45) is 0 Å². The van der Waals surface area contributed by atoms with Gasteiger partial charge in [0.2, 0.25) is 0 Å². The predicted octanol–water partition coefficient (Wildman–Crippen LogP) is 6.65. The second kappa shape index (κ2) is 9.11. The number of benzene rings is 2. The number of carboxylic acid groups (broad SMARTS) is 1. The van der Waals surface area contributed by atoms with Gasteiger partial charge in [-0.1, -0.05) is 12.1 Å². The van der Waals surface area contributed by atoms with E-state index in [0.29, 0.717) is 22.7 Å². The monoisotopic (exact) mass is 492 g/mol. The van der Waals surface area contributed by atoms with E-state index >= 15 is 0 Å². The Morgan fingerprint density at radius 3 is 2.48 bits per heavy atom. The molecule has 33 heavy (non-hydrogen) atoms. The predicted molar refractivity (Wildman–Crippen MR) is 122 cm³/mol. The molecule has 0 amide bonds. The normalized spacial score (nSPS) is 11.8. The average molecular weight is 493 g/mol. The van der Waals surface area contributed by atoms with E-state index in [-0.39, 0.29) is 13.0 Å². The lowest BCUT2D eigenvalue weighted by Gasteiger charge is -2.07. The summed E-state index contributed by atoms with van der Waals surface area (Å²) in [6.07, 6.45) is -3.95. The van der Waals surface area contributed by atoms with Crippen LogP contribution in [0.5, 0.6) is 5.75 Å². The fourth-order valence-electron chi connectivity index (χ4n) is 3.25. The number of alkyl halides is 3. The first-order valence-corrected chi connectivity index (χ1v) is 11.6. The summed E-state index contributed by atoms with van der Waals surface area (Å²) in [5.74, 6) is -0.218. The molecule has 0 saturated heterocycles. The van der Waals surface area contributed by atoms with Crippen LogP contribution in [0, 0.1) is 13.8 Å². The van der Waals surface area contributed by atoms with Crippen molar-refractivity contribution in [2.45, 2.75) is 39.5 Å². The Balaban J connectivity index is 1.49. The molecule has 4 aromatic rings. The van der Waals surface area contributed by atoms with Gasteiger partial charge >= 0.3 is 12.1 Å². The van der Waals surface area contributed by atoms with E-state index in [2.05, 4.69) is 9.97 Å². The van der Waals surface area contributed by atoms with E-state index in [1.54, 1.807) is 0 Å². The number of carbonyl (C=O) groups is 1. The molecule has 0 unspecified atom stereocenters. The molecule has 0 fully saturated rings. The Bertz CT molecular complexity index is 1310. The number of aliphatic carboxylic acids is 1. The van der Waals surface area contributed by atoms with Crippen molar-refractivity contribution < 1.29 is 27.8 Å². The SMILES string of the molecule is Cc1nc(-c2ccc(C(F)(F)F)cc2)sc1COc1cc(C)c2sc(CCC(=O)O)nc2c1. The van der Waals surface area contributed by atoms with E-state index in [0.717, 1.165) is 43.5 Å². The molecule has 0 bridgehead atoms. The Morgan fingerprint density at radius 2 is 1.82 bits per heavy atom. The van der Waals surface area contributed by atoms with Crippen LogP contribution in [-0.2, 0) is 24.0 Å². The van der Waals surface area contributed by atoms with E-state index in [1.165, 1.54) is 34.8 Å². The van der Waals surface area contributed by atoms with Crippen molar-refractivity contribution in [3.63, 3.8) is 0 Å². The zero-order valence-corrected chi connectivity index (χ0v) is 19.3. The number of fused-ring (bicyclic) bond motifs is 1. The second-order valence-electron chi connectivity index (χ2n) is 7.48. The molecule has 0 aliphatic heterocycles. The van der Waals surface area contributed by atoms with Crippen LogP contribution >= 0.6 is 22.7 Å². The highest BCUT2D eigenvalue weighted by Gasteiger charge is 2.30. The number of aromatic nitrogens is 2. The number of halogens is 3. The molecular formula is C23H19F3N2O3S2. The fraction of sp³-hybridized carbons (Fsp3) is 0.261. The first-order chi connectivity index (χ1) is 15.6. The van der Waals surface area contributed by atoms with Crippen LogP contribution in [0.2, 0.25) is 0 Å². The molecule has 0 aliphatic carbocycles. The molecule has 0 saturated carbocycles. The quantitative estimate of drug-likeness (QED) is 0.313. The maximum Gasteiger partial charge on any atom is 0.416 e. The van der Waals surface area contributed by atoms with Crippen LogP contribution in [0.4, 0.5) is 13.2 Å². The van der Waals surface area contributed by atoms with Crippen molar-refractivity contribution in [1.82, 2.24) is 9.97 Å². The molecule has 0 aliphatic rings. The summed E-state index contributed by atoms with van der Waals surface area (Å²) in [5.41, 5.74) is 2.45. The number of thiazole rings is 2. The molecule has 0 radical (unpaired) electrons. The third-order valence-electron chi connectivity index (χ3n) is 4.97. The minimum Gasteiger partial charge on any atom is -0.488 e. The van der Waals surface area contributed by atoms with Gasteiger partial charge in [0.15, 0.2) is 0 Å². The van der Waals surface area contributed by atoms with Crippen LogP contribution in [0.1, 0.15) is 33.1 Å². The van der Waals surface area contributed by atoms with Crippen molar-refractivity contribution in [3.8, 4) is 16.3 Å². The van der Waals surface area contributed by atoms with E-state index < -0.39 is 17.7 Å². The van der Waals surface area contributed by atoms with Gasteiger partial charge in [-0.2, -0.15) is 13.2 Å². The molecule has 0 atom stereocenters.